The van der Waals surface area contributed by atoms with Gasteiger partial charge in [-0.05, 0) is 49.1 Å². The summed E-state index contributed by atoms with van der Waals surface area (Å²) in [5, 5.41) is 0. The molecule has 0 saturated heterocycles. The second-order valence-corrected chi connectivity index (χ2v) is 3.85. The topological polar surface area (TPSA) is 21.6 Å². The lowest BCUT2D eigenvalue weighted by atomic mass is 9.96. The van der Waals surface area contributed by atoms with E-state index in [0.717, 1.165) is 12.2 Å². The van der Waals surface area contributed by atoms with Crippen LogP contribution in [0.3, 0.4) is 0 Å². The summed E-state index contributed by atoms with van der Waals surface area (Å²) < 4.78 is 5.30. The molecule has 1 aromatic rings. The van der Waals surface area contributed by atoms with Gasteiger partial charge in [0.25, 0.3) is 0 Å². The predicted octanol–water partition coefficient (Wildman–Crippen LogP) is 2.37. The van der Waals surface area contributed by atoms with Crippen molar-refractivity contribution in [1.29, 1.82) is 0 Å². The largest absolute Gasteiger partial charge is 0.496 e. The monoisotopic (exact) mass is 189 g/mol. The van der Waals surface area contributed by atoms with Crippen molar-refractivity contribution in [1.82, 2.24) is 0 Å². The third-order valence-electron chi connectivity index (χ3n) is 2.64. The van der Waals surface area contributed by atoms with Crippen LogP contribution in [-0.2, 0) is 6.42 Å². The molecule has 0 bridgehead atoms. The molecule has 0 amide bonds. The minimum atomic E-state index is 0.398. The molecule has 0 fully saturated rings. The fourth-order valence-electron chi connectivity index (χ4n) is 1.85. The molecule has 1 aromatic carbocycles. The Kier molecular flexibility index (Phi) is 2.28. The Hall–Kier alpha value is -1.31. The molecule has 1 aliphatic heterocycles. The molecule has 0 N–H and O–H groups in total. The van der Waals surface area contributed by atoms with E-state index in [-0.39, 0.29) is 0 Å². The van der Waals surface area contributed by atoms with Gasteiger partial charge < -0.3 is 4.74 Å². The number of fused-ring (bicyclic) bond motifs is 1. The van der Waals surface area contributed by atoms with Gasteiger partial charge in [0.15, 0.2) is 0 Å². The van der Waals surface area contributed by atoms with Crippen LogP contribution in [0, 0.1) is 6.92 Å². The molecule has 0 aliphatic carbocycles. The van der Waals surface area contributed by atoms with Crippen molar-refractivity contribution < 1.29 is 4.74 Å². The average molecular weight is 189 g/mol. The molecular weight excluding hydrogens is 174 g/mol. The first-order valence-corrected chi connectivity index (χ1v) is 4.91. The Morgan fingerprint density at radius 3 is 2.93 bits per heavy atom. The summed E-state index contributed by atoms with van der Waals surface area (Å²) in [6.45, 7) is 4.19. The first-order valence-electron chi connectivity index (χ1n) is 4.91. The van der Waals surface area contributed by atoms with E-state index in [1.165, 1.54) is 16.7 Å². The molecule has 1 aliphatic rings. The maximum Gasteiger partial charge on any atom is 0.122 e. The number of methoxy groups -OCH3 is 1. The van der Waals surface area contributed by atoms with Gasteiger partial charge in [-0.1, -0.05) is 0 Å². The third kappa shape index (κ3) is 1.52. The molecule has 0 saturated carbocycles. The number of benzene rings is 1. The Balaban J connectivity index is 2.48. The molecule has 2 nitrogen and oxygen atoms in total. The number of ether oxygens (including phenoxy) is 1. The third-order valence-corrected chi connectivity index (χ3v) is 2.64. The summed E-state index contributed by atoms with van der Waals surface area (Å²) in [6, 6.07) is 4.67. The zero-order valence-corrected chi connectivity index (χ0v) is 8.87. The van der Waals surface area contributed by atoms with Crippen LogP contribution in [-0.4, -0.2) is 19.4 Å². The molecular formula is C12H15NO. The van der Waals surface area contributed by atoms with E-state index in [1.807, 2.05) is 6.21 Å². The van der Waals surface area contributed by atoms with Crippen LogP contribution >= 0.6 is 0 Å². The van der Waals surface area contributed by atoms with Gasteiger partial charge in [-0.2, -0.15) is 0 Å². The first-order chi connectivity index (χ1) is 6.70. The van der Waals surface area contributed by atoms with Crippen molar-refractivity contribution in [2.45, 2.75) is 26.3 Å². The van der Waals surface area contributed by atoms with Crippen molar-refractivity contribution >= 4 is 6.21 Å². The molecule has 1 heterocycles. The van der Waals surface area contributed by atoms with Gasteiger partial charge in [0.2, 0.25) is 0 Å². The van der Waals surface area contributed by atoms with Crippen molar-refractivity contribution in [3.8, 4) is 5.75 Å². The number of aryl methyl sites for hydroxylation is 1. The Labute approximate surface area is 84.6 Å². The van der Waals surface area contributed by atoms with E-state index in [2.05, 4.69) is 31.0 Å². The fourth-order valence-corrected chi connectivity index (χ4v) is 1.85. The highest BCUT2D eigenvalue weighted by molar-refractivity contribution is 5.84. The van der Waals surface area contributed by atoms with E-state index in [9.17, 15) is 0 Å². The highest BCUT2D eigenvalue weighted by Gasteiger charge is 2.13. The number of nitrogens with zero attached hydrogens (tertiary/aromatic N) is 1. The number of hydrogen-bond acceptors (Lipinski definition) is 2. The zero-order chi connectivity index (χ0) is 10.1. The Morgan fingerprint density at radius 2 is 2.21 bits per heavy atom. The maximum absolute atomic E-state index is 5.30. The van der Waals surface area contributed by atoms with E-state index in [1.54, 1.807) is 7.11 Å². The second kappa shape index (κ2) is 3.45. The zero-order valence-electron chi connectivity index (χ0n) is 8.87. The van der Waals surface area contributed by atoms with Crippen molar-refractivity contribution in [2.24, 2.45) is 4.99 Å². The smallest absolute Gasteiger partial charge is 0.122 e. The molecule has 1 atom stereocenters. The van der Waals surface area contributed by atoms with Crippen molar-refractivity contribution in [3.05, 3.63) is 28.8 Å². The molecule has 0 radical (unpaired) electrons. The molecule has 1 unspecified atom stereocenters. The summed E-state index contributed by atoms with van der Waals surface area (Å²) in [5.74, 6) is 0.978. The summed E-state index contributed by atoms with van der Waals surface area (Å²) in [7, 11) is 1.72. The summed E-state index contributed by atoms with van der Waals surface area (Å²) in [5.41, 5.74) is 3.75. The lowest BCUT2D eigenvalue weighted by Crippen LogP contribution is -2.12. The van der Waals surface area contributed by atoms with Gasteiger partial charge in [-0.3, -0.25) is 4.99 Å². The normalized spacial score (nSPS) is 19.2. The molecule has 0 spiro atoms. The molecule has 74 valence electrons. The highest BCUT2D eigenvalue weighted by Crippen LogP contribution is 2.25. The number of rotatable bonds is 1. The maximum atomic E-state index is 5.30. The Bertz CT molecular complexity index is 382. The molecule has 14 heavy (non-hydrogen) atoms. The lowest BCUT2D eigenvalue weighted by molar-refractivity contribution is 0.411. The lowest BCUT2D eigenvalue weighted by Gasteiger charge is -2.17. The van der Waals surface area contributed by atoms with Gasteiger partial charge in [0.05, 0.1) is 13.2 Å². The molecule has 2 heteroatoms. The summed E-state index contributed by atoms with van der Waals surface area (Å²) >= 11 is 0. The van der Waals surface area contributed by atoms with Gasteiger partial charge >= 0.3 is 0 Å². The van der Waals surface area contributed by atoms with E-state index in [4.69, 9.17) is 4.74 Å². The van der Waals surface area contributed by atoms with Crippen LogP contribution < -0.4 is 4.74 Å². The van der Waals surface area contributed by atoms with Crippen LogP contribution in [0.15, 0.2) is 17.1 Å². The standard InChI is InChI=1S/C12H15NO/c1-8-4-11-7-13-9(2)5-10(11)6-12(8)14-3/h4,6-7,9H,5H2,1-3H3. The summed E-state index contributed by atoms with van der Waals surface area (Å²) in [6.07, 6.45) is 2.98. The van der Waals surface area contributed by atoms with E-state index < -0.39 is 0 Å². The Morgan fingerprint density at radius 1 is 1.43 bits per heavy atom. The predicted molar refractivity (Wildman–Crippen MR) is 58.5 cm³/mol. The van der Waals surface area contributed by atoms with Gasteiger partial charge in [0.1, 0.15) is 5.75 Å². The highest BCUT2D eigenvalue weighted by atomic mass is 16.5. The molecule has 0 aromatic heterocycles. The van der Waals surface area contributed by atoms with Gasteiger partial charge in [-0.15, -0.1) is 0 Å². The van der Waals surface area contributed by atoms with E-state index >= 15 is 0 Å². The van der Waals surface area contributed by atoms with Crippen LogP contribution in [0.4, 0.5) is 0 Å². The first kappa shape index (κ1) is 9.25. The minimum Gasteiger partial charge on any atom is -0.496 e. The summed E-state index contributed by atoms with van der Waals surface area (Å²) in [4.78, 5) is 4.40. The van der Waals surface area contributed by atoms with Crippen molar-refractivity contribution in [3.63, 3.8) is 0 Å². The fraction of sp³-hybridized carbons (Fsp3) is 0.417. The van der Waals surface area contributed by atoms with Crippen molar-refractivity contribution in [2.75, 3.05) is 7.11 Å². The molecule has 2 rings (SSSR count). The van der Waals surface area contributed by atoms with Crippen LogP contribution in [0.25, 0.3) is 0 Å². The SMILES string of the molecule is COc1cc2c(cc1C)C=NC(C)C2. The number of aliphatic imine (C=N–C) groups is 1. The average Bonchev–Trinajstić information content (AvgIpc) is 2.17. The van der Waals surface area contributed by atoms with E-state index in [0.29, 0.717) is 6.04 Å². The van der Waals surface area contributed by atoms with Gasteiger partial charge in [-0.25, -0.2) is 0 Å². The minimum absolute atomic E-state index is 0.398. The van der Waals surface area contributed by atoms with Gasteiger partial charge in [0, 0.05) is 6.21 Å². The van der Waals surface area contributed by atoms with Crippen LogP contribution in [0.1, 0.15) is 23.6 Å². The number of hydrogen-bond donors (Lipinski definition) is 0. The van der Waals surface area contributed by atoms with Crippen LogP contribution in [0.5, 0.6) is 5.75 Å². The second-order valence-electron chi connectivity index (χ2n) is 3.85. The van der Waals surface area contributed by atoms with Crippen LogP contribution in [0.2, 0.25) is 0 Å². The quantitative estimate of drug-likeness (QED) is 0.664.